The van der Waals surface area contributed by atoms with Gasteiger partial charge in [-0.05, 0) is 22.9 Å². The molecular formula is C19H18N4O4S. The van der Waals surface area contributed by atoms with Gasteiger partial charge in [-0.15, -0.1) is 11.3 Å². The number of aromatic nitrogens is 1. The molecule has 1 aliphatic heterocycles. The molecule has 1 saturated heterocycles. The van der Waals surface area contributed by atoms with Crippen LogP contribution < -0.4 is 15.8 Å². The molecule has 2 heterocycles. The minimum Gasteiger partial charge on any atom is -0.507 e. The van der Waals surface area contributed by atoms with Crippen LogP contribution in [0, 0.1) is 0 Å². The highest BCUT2D eigenvalue weighted by molar-refractivity contribution is 7.13. The van der Waals surface area contributed by atoms with Gasteiger partial charge in [0.1, 0.15) is 11.4 Å². The van der Waals surface area contributed by atoms with Gasteiger partial charge in [0.2, 0.25) is 0 Å². The van der Waals surface area contributed by atoms with E-state index in [-0.39, 0.29) is 17.0 Å². The summed E-state index contributed by atoms with van der Waals surface area (Å²) < 4.78 is 5.31. The quantitative estimate of drug-likeness (QED) is 0.583. The molecule has 1 aliphatic rings. The summed E-state index contributed by atoms with van der Waals surface area (Å²) in [7, 11) is 0. The minimum absolute atomic E-state index is 0.0753. The first kappa shape index (κ1) is 18.2. The number of aromatic hydroxyl groups is 1. The highest BCUT2D eigenvalue weighted by Gasteiger charge is 2.18. The molecule has 0 aliphatic carbocycles. The second-order valence-electron chi connectivity index (χ2n) is 6.24. The Morgan fingerprint density at radius 2 is 1.75 bits per heavy atom. The van der Waals surface area contributed by atoms with E-state index >= 15 is 0 Å². The Hall–Kier alpha value is -3.17. The van der Waals surface area contributed by atoms with Gasteiger partial charge in [-0.3, -0.25) is 20.4 Å². The van der Waals surface area contributed by atoms with Crippen molar-refractivity contribution < 1.29 is 19.4 Å². The Bertz CT molecular complexity index is 1030. The van der Waals surface area contributed by atoms with Crippen LogP contribution in [0.4, 0.5) is 5.13 Å². The van der Waals surface area contributed by atoms with E-state index in [0.717, 1.165) is 29.0 Å². The number of hydrogen-bond donors (Lipinski definition) is 3. The Labute approximate surface area is 164 Å². The number of phenolic OH excluding ortho intramolecular Hbond substituents is 1. The fourth-order valence-electron chi connectivity index (χ4n) is 2.92. The van der Waals surface area contributed by atoms with Crippen molar-refractivity contribution in [1.82, 2.24) is 15.8 Å². The number of hydrogen-bond acceptors (Lipinski definition) is 7. The molecular weight excluding hydrogens is 380 g/mol. The van der Waals surface area contributed by atoms with Crippen LogP contribution in [0.15, 0.2) is 41.8 Å². The highest BCUT2D eigenvalue weighted by atomic mass is 32.1. The SMILES string of the molecule is O=C(NNC(=O)c1cc2ccccc2cc1O)c1csc(N2CCOCC2)n1. The number of amides is 2. The third kappa shape index (κ3) is 3.75. The molecule has 0 saturated carbocycles. The van der Waals surface area contributed by atoms with Crippen molar-refractivity contribution in [2.45, 2.75) is 0 Å². The lowest BCUT2D eigenvalue weighted by Crippen LogP contribution is -2.42. The van der Waals surface area contributed by atoms with Crippen molar-refractivity contribution in [2.24, 2.45) is 0 Å². The number of benzene rings is 2. The maximum Gasteiger partial charge on any atom is 0.289 e. The molecule has 1 aromatic heterocycles. The molecule has 0 unspecified atom stereocenters. The number of anilines is 1. The molecule has 2 amide bonds. The van der Waals surface area contributed by atoms with Crippen LogP contribution in [0.25, 0.3) is 10.8 Å². The molecule has 0 bridgehead atoms. The smallest absolute Gasteiger partial charge is 0.289 e. The maximum absolute atomic E-state index is 12.4. The van der Waals surface area contributed by atoms with Crippen LogP contribution in [-0.4, -0.2) is 48.2 Å². The van der Waals surface area contributed by atoms with Crippen molar-refractivity contribution in [1.29, 1.82) is 0 Å². The number of fused-ring (bicyclic) bond motifs is 1. The number of ether oxygens (including phenoxy) is 1. The summed E-state index contributed by atoms with van der Waals surface area (Å²) in [5, 5.41) is 14.1. The van der Waals surface area contributed by atoms with E-state index in [4.69, 9.17) is 4.74 Å². The zero-order chi connectivity index (χ0) is 19.5. The molecule has 0 radical (unpaired) electrons. The fraction of sp³-hybridized carbons (Fsp3) is 0.211. The van der Waals surface area contributed by atoms with Crippen LogP contribution in [0.2, 0.25) is 0 Å². The van der Waals surface area contributed by atoms with Gasteiger partial charge >= 0.3 is 0 Å². The van der Waals surface area contributed by atoms with Crippen LogP contribution in [0.1, 0.15) is 20.8 Å². The van der Waals surface area contributed by atoms with Crippen molar-refractivity contribution in [2.75, 3.05) is 31.2 Å². The minimum atomic E-state index is -0.611. The standard InChI is InChI=1S/C19H18N4O4S/c24-16-10-13-4-2-1-3-12(13)9-14(16)17(25)21-22-18(26)15-11-28-19(20-15)23-5-7-27-8-6-23/h1-4,9-11,24H,5-8H2,(H,21,25)(H,22,26). The van der Waals surface area contributed by atoms with Gasteiger partial charge in [-0.25, -0.2) is 4.98 Å². The van der Waals surface area contributed by atoms with E-state index in [9.17, 15) is 14.7 Å². The summed E-state index contributed by atoms with van der Waals surface area (Å²) in [6.07, 6.45) is 0. The van der Waals surface area contributed by atoms with Gasteiger partial charge in [0.15, 0.2) is 5.13 Å². The number of phenols is 1. The number of thiazole rings is 1. The number of hydrazine groups is 1. The number of carbonyl (C=O) groups is 2. The monoisotopic (exact) mass is 398 g/mol. The molecule has 144 valence electrons. The van der Waals surface area contributed by atoms with E-state index in [1.807, 2.05) is 24.3 Å². The zero-order valence-electron chi connectivity index (χ0n) is 14.8. The van der Waals surface area contributed by atoms with Crippen LogP contribution in [-0.2, 0) is 4.74 Å². The lowest BCUT2D eigenvalue weighted by atomic mass is 10.1. The number of nitrogens with one attached hydrogen (secondary N) is 2. The predicted octanol–water partition coefficient (Wildman–Crippen LogP) is 1.91. The summed E-state index contributed by atoms with van der Waals surface area (Å²) in [5.41, 5.74) is 4.96. The highest BCUT2D eigenvalue weighted by Crippen LogP contribution is 2.25. The Balaban J connectivity index is 1.41. The zero-order valence-corrected chi connectivity index (χ0v) is 15.7. The molecule has 3 N–H and O–H groups in total. The van der Waals surface area contributed by atoms with E-state index in [2.05, 4.69) is 20.7 Å². The third-order valence-electron chi connectivity index (χ3n) is 4.40. The predicted molar refractivity (Wildman–Crippen MR) is 106 cm³/mol. The fourth-order valence-corrected chi connectivity index (χ4v) is 3.78. The average Bonchev–Trinajstić information content (AvgIpc) is 3.22. The second kappa shape index (κ2) is 7.83. The summed E-state index contributed by atoms with van der Waals surface area (Å²) in [5.74, 6) is -1.29. The number of nitrogens with zero attached hydrogens (tertiary/aromatic N) is 2. The normalized spacial score (nSPS) is 14.1. The molecule has 3 aromatic rings. The van der Waals surface area contributed by atoms with Crippen molar-refractivity contribution in [3.05, 3.63) is 53.0 Å². The van der Waals surface area contributed by atoms with Gasteiger partial charge in [-0.1, -0.05) is 24.3 Å². The average molecular weight is 398 g/mol. The van der Waals surface area contributed by atoms with Crippen LogP contribution >= 0.6 is 11.3 Å². The van der Waals surface area contributed by atoms with Gasteiger partial charge < -0.3 is 14.7 Å². The Kier molecular flexibility index (Phi) is 5.09. The van der Waals surface area contributed by atoms with Crippen molar-refractivity contribution in [3.63, 3.8) is 0 Å². The summed E-state index contributed by atoms with van der Waals surface area (Å²) in [6, 6.07) is 10.5. The van der Waals surface area contributed by atoms with Gasteiger partial charge in [0.05, 0.1) is 18.8 Å². The molecule has 1 fully saturated rings. The van der Waals surface area contributed by atoms with Gasteiger partial charge in [0, 0.05) is 18.5 Å². The first-order chi connectivity index (χ1) is 13.6. The number of rotatable bonds is 3. The molecule has 9 heteroatoms. The molecule has 2 aromatic carbocycles. The first-order valence-electron chi connectivity index (χ1n) is 8.72. The Morgan fingerprint density at radius 3 is 2.50 bits per heavy atom. The van der Waals surface area contributed by atoms with Crippen LogP contribution in [0.3, 0.4) is 0 Å². The third-order valence-corrected chi connectivity index (χ3v) is 5.31. The van der Waals surface area contributed by atoms with Gasteiger partial charge in [0.25, 0.3) is 11.8 Å². The second-order valence-corrected chi connectivity index (χ2v) is 7.08. The van der Waals surface area contributed by atoms with Crippen molar-refractivity contribution >= 4 is 39.1 Å². The maximum atomic E-state index is 12.4. The number of morpholine rings is 1. The van der Waals surface area contributed by atoms with Crippen molar-refractivity contribution in [3.8, 4) is 5.75 Å². The van der Waals surface area contributed by atoms with E-state index in [1.54, 1.807) is 11.4 Å². The van der Waals surface area contributed by atoms with Crippen LogP contribution in [0.5, 0.6) is 5.75 Å². The summed E-state index contributed by atoms with van der Waals surface area (Å²) >= 11 is 1.36. The van der Waals surface area contributed by atoms with E-state index in [1.165, 1.54) is 17.4 Å². The molecule has 0 atom stereocenters. The topological polar surface area (TPSA) is 104 Å². The van der Waals surface area contributed by atoms with Gasteiger partial charge in [-0.2, -0.15) is 0 Å². The first-order valence-corrected chi connectivity index (χ1v) is 9.60. The lowest BCUT2D eigenvalue weighted by Gasteiger charge is -2.25. The summed E-state index contributed by atoms with van der Waals surface area (Å²) in [6.45, 7) is 2.72. The lowest BCUT2D eigenvalue weighted by molar-refractivity contribution is 0.0842. The molecule has 0 spiro atoms. The summed E-state index contributed by atoms with van der Waals surface area (Å²) in [4.78, 5) is 31.0. The largest absolute Gasteiger partial charge is 0.507 e. The Morgan fingerprint density at radius 1 is 1.07 bits per heavy atom. The molecule has 8 nitrogen and oxygen atoms in total. The molecule has 28 heavy (non-hydrogen) atoms. The van der Waals surface area contributed by atoms with E-state index < -0.39 is 11.8 Å². The molecule has 4 rings (SSSR count). The van der Waals surface area contributed by atoms with E-state index in [0.29, 0.717) is 13.2 Å². The number of carbonyl (C=O) groups excluding carboxylic acids is 2.